The fraction of sp³-hybridized carbons (Fsp3) is 0.206. The van der Waals surface area contributed by atoms with Gasteiger partial charge in [-0.05, 0) is 41.0 Å². The van der Waals surface area contributed by atoms with Gasteiger partial charge in [-0.2, -0.15) is 0 Å². The number of halogens is 1. The lowest BCUT2D eigenvalue weighted by Gasteiger charge is -2.22. The number of benzene rings is 4. The number of rotatable bonds is 14. The summed E-state index contributed by atoms with van der Waals surface area (Å²) in [6.07, 6.45) is 0. The van der Waals surface area contributed by atoms with Crippen LogP contribution in [0.5, 0.6) is 11.5 Å². The Balaban J connectivity index is 1.30. The number of hydrogen-bond donors (Lipinski definition) is 2. The average Bonchev–Trinajstić information content (AvgIpc) is 3.53. The fourth-order valence-electron chi connectivity index (χ4n) is 5.00. The Morgan fingerprint density at radius 2 is 1.44 bits per heavy atom. The van der Waals surface area contributed by atoms with Crippen molar-refractivity contribution in [3.05, 3.63) is 119 Å². The van der Waals surface area contributed by atoms with Crippen molar-refractivity contribution < 1.29 is 46.4 Å². The van der Waals surface area contributed by atoms with E-state index < -0.39 is 47.4 Å². The van der Waals surface area contributed by atoms with Gasteiger partial charge in [0, 0.05) is 5.30 Å². The van der Waals surface area contributed by atoms with E-state index in [1.54, 1.807) is 12.1 Å². The number of imide groups is 1. The van der Waals surface area contributed by atoms with Crippen molar-refractivity contribution in [1.82, 2.24) is 14.5 Å². The summed E-state index contributed by atoms with van der Waals surface area (Å²) in [6.45, 7) is -0.152. The second-order valence-electron chi connectivity index (χ2n) is 10.7. The highest BCUT2D eigenvalue weighted by molar-refractivity contribution is 7.89. The Morgan fingerprint density at radius 3 is 1.96 bits per heavy atom. The molecule has 0 aliphatic carbocycles. The van der Waals surface area contributed by atoms with E-state index in [9.17, 15) is 27.9 Å². The Labute approximate surface area is 295 Å². The van der Waals surface area contributed by atoms with Gasteiger partial charge >= 0.3 is 18.0 Å². The van der Waals surface area contributed by atoms with E-state index in [1.807, 2.05) is 60.7 Å². The number of methoxy groups -OCH3 is 2. The smallest absolute Gasteiger partial charge is 0.342 e. The molecule has 4 aromatic rings. The van der Waals surface area contributed by atoms with Crippen LogP contribution >= 0.6 is 20.0 Å². The zero-order chi connectivity index (χ0) is 35.8. The summed E-state index contributed by atoms with van der Waals surface area (Å²) >= 11 is 6.30. The van der Waals surface area contributed by atoms with Gasteiger partial charge in [-0.25, -0.2) is 32.0 Å². The van der Waals surface area contributed by atoms with Crippen LogP contribution in [-0.2, 0) is 37.1 Å². The molecule has 5 rings (SSSR count). The number of nitrogens with one attached hydrogen (secondary N) is 1. The molecular formula is C34H33ClN3O10PS. The van der Waals surface area contributed by atoms with E-state index in [0.29, 0.717) is 14.5 Å². The first kappa shape index (κ1) is 36.6. The van der Waals surface area contributed by atoms with Crippen molar-refractivity contribution in [2.45, 2.75) is 24.2 Å². The van der Waals surface area contributed by atoms with Crippen molar-refractivity contribution in [2.24, 2.45) is 0 Å². The molecule has 16 heteroatoms. The summed E-state index contributed by atoms with van der Waals surface area (Å²) in [7, 11) is -3.51. The van der Waals surface area contributed by atoms with E-state index in [0.717, 1.165) is 17.2 Å². The maximum absolute atomic E-state index is 13.4. The van der Waals surface area contributed by atoms with Crippen molar-refractivity contribution in [1.29, 1.82) is 0 Å². The van der Waals surface area contributed by atoms with Crippen LogP contribution in [0, 0.1) is 0 Å². The largest absolute Gasteiger partial charge is 0.493 e. The summed E-state index contributed by atoms with van der Waals surface area (Å²) in [5.74, 6) is -1.28. The summed E-state index contributed by atoms with van der Waals surface area (Å²) in [6, 6.07) is 24.1. The first-order valence-corrected chi connectivity index (χ1v) is 18.1. The number of carboxylic acids is 1. The highest BCUT2D eigenvalue weighted by Crippen LogP contribution is 2.41. The normalized spacial score (nSPS) is 13.7. The molecule has 13 nitrogen and oxygen atoms in total. The second kappa shape index (κ2) is 16.3. The van der Waals surface area contributed by atoms with Crippen molar-refractivity contribution >= 4 is 53.3 Å². The molecule has 0 spiro atoms. The van der Waals surface area contributed by atoms with Crippen LogP contribution in [0.1, 0.15) is 22.7 Å². The van der Waals surface area contributed by atoms with Gasteiger partial charge in [0.2, 0.25) is 8.38 Å². The molecule has 1 atom stereocenters. The van der Waals surface area contributed by atoms with E-state index >= 15 is 0 Å². The molecule has 1 saturated heterocycles. The number of sulfonamides is 1. The molecule has 0 radical (unpaired) electrons. The van der Waals surface area contributed by atoms with Gasteiger partial charge in [0.15, 0.2) is 17.5 Å². The monoisotopic (exact) mass is 741 g/mol. The minimum Gasteiger partial charge on any atom is -0.493 e. The number of aliphatic carboxylic acids is 1. The quantitative estimate of drug-likeness (QED) is 0.154. The molecular weight excluding hydrogens is 709 g/mol. The lowest BCUT2D eigenvalue weighted by atomic mass is 10.1. The summed E-state index contributed by atoms with van der Waals surface area (Å²) in [4.78, 5) is 39.0. The Morgan fingerprint density at radius 1 is 0.860 bits per heavy atom. The maximum Gasteiger partial charge on any atom is 0.342 e. The Hall–Kier alpha value is -4.72. The number of urea groups is 2. The minimum atomic E-state index is -4.54. The molecule has 4 amide bonds. The van der Waals surface area contributed by atoms with Crippen molar-refractivity contribution in [3.63, 3.8) is 0 Å². The zero-order valence-electron chi connectivity index (χ0n) is 26.9. The average molecular weight is 742 g/mol. The number of carbonyl (C=O) groups excluding carboxylic acids is 2. The number of ether oxygens (including phenoxy) is 2. The molecule has 1 aliphatic heterocycles. The molecule has 2 N–H and O–H groups in total. The number of amides is 4. The van der Waals surface area contributed by atoms with Crippen LogP contribution in [0.15, 0.2) is 102 Å². The molecule has 262 valence electrons. The topological polar surface area (TPSA) is 161 Å². The van der Waals surface area contributed by atoms with Gasteiger partial charge in [-0.1, -0.05) is 84.4 Å². The molecule has 1 heterocycles. The van der Waals surface area contributed by atoms with Crippen LogP contribution < -0.4 is 20.1 Å². The number of nitrogens with zero attached hydrogens (tertiary/aromatic N) is 2. The van der Waals surface area contributed by atoms with E-state index in [4.69, 9.17) is 30.1 Å². The van der Waals surface area contributed by atoms with Gasteiger partial charge < -0.3 is 28.9 Å². The van der Waals surface area contributed by atoms with Crippen LogP contribution in [-0.4, -0.2) is 68.1 Å². The standard InChI is InChI=1S/C34H33ClN3O10PS/c1-45-27-17-18-28(29(35)31(27)46-2)50(43,44)38-20-19-37(34(38)42)33(41)36-30(32(39)40)25-13-15-26(16-14-25)49(47-21-23-9-5-3-6-10-23)48-22-24-11-7-4-8-12-24/h3-18,30H,19-22H2,1-2H3,(H,36,41)(H,39,40). The lowest BCUT2D eigenvalue weighted by Crippen LogP contribution is -2.46. The third kappa shape index (κ3) is 8.18. The zero-order valence-corrected chi connectivity index (χ0v) is 29.4. The van der Waals surface area contributed by atoms with Crippen LogP contribution in [0.4, 0.5) is 9.59 Å². The highest BCUT2D eigenvalue weighted by Gasteiger charge is 2.43. The van der Waals surface area contributed by atoms with E-state index in [-0.39, 0.29) is 48.4 Å². The Kier molecular flexibility index (Phi) is 11.9. The molecule has 50 heavy (non-hydrogen) atoms. The summed E-state index contributed by atoms with van der Waals surface area (Å²) < 4.78 is 50.0. The molecule has 1 fully saturated rings. The fourth-order valence-corrected chi connectivity index (χ4v) is 8.24. The summed E-state index contributed by atoms with van der Waals surface area (Å²) in [5.41, 5.74) is 2.09. The number of hydrogen-bond acceptors (Lipinski definition) is 9. The first-order valence-electron chi connectivity index (χ1n) is 15.1. The van der Waals surface area contributed by atoms with Crippen molar-refractivity contribution in [2.75, 3.05) is 27.3 Å². The van der Waals surface area contributed by atoms with Crippen molar-refractivity contribution in [3.8, 4) is 11.5 Å². The van der Waals surface area contributed by atoms with Gasteiger partial charge in [0.05, 0.1) is 40.5 Å². The van der Waals surface area contributed by atoms with Crippen LogP contribution in [0.2, 0.25) is 5.02 Å². The first-order chi connectivity index (χ1) is 24.0. The van der Waals surface area contributed by atoms with Crippen LogP contribution in [0.25, 0.3) is 0 Å². The molecule has 1 aliphatic rings. The third-order valence-electron chi connectivity index (χ3n) is 7.57. The van der Waals surface area contributed by atoms with Gasteiger partial charge in [-0.15, -0.1) is 0 Å². The highest BCUT2D eigenvalue weighted by atomic mass is 35.5. The molecule has 0 saturated carbocycles. The third-order valence-corrected chi connectivity index (χ3v) is 11.3. The molecule has 0 bridgehead atoms. The predicted molar refractivity (Wildman–Crippen MR) is 185 cm³/mol. The molecule has 4 aromatic carbocycles. The SMILES string of the molecule is COc1ccc(S(=O)(=O)N2CCN(C(=O)NC(C(=O)O)c3ccc(P(OCc4ccccc4)OCc4ccccc4)cc3)C2=O)c(Cl)c1OC. The number of carbonyl (C=O) groups is 3. The predicted octanol–water partition coefficient (Wildman–Crippen LogP) is 5.69. The molecule has 1 unspecified atom stereocenters. The van der Waals surface area contributed by atoms with Gasteiger partial charge in [-0.3, -0.25) is 0 Å². The summed E-state index contributed by atoms with van der Waals surface area (Å²) in [5, 5.41) is 12.7. The minimum absolute atomic E-state index is 0.0510. The van der Waals surface area contributed by atoms with Gasteiger partial charge in [0.25, 0.3) is 10.0 Å². The lowest BCUT2D eigenvalue weighted by molar-refractivity contribution is -0.139. The Bertz CT molecular complexity index is 1890. The van der Waals surface area contributed by atoms with E-state index in [1.165, 1.54) is 32.4 Å². The van der Waals surface area contributed by atoms with Gasteiger partial charge in [0.1, 0.15) is 9.92 Å². The maximum atomic E-state index is 13.4. The molecule has 0 aromatic heterocycles. The van der Waals surface area contributed by atoms with E-state index in [2.05, 4.69) is 5.32 Å². The van der Waals surface area contributed by atoms with Crippen LogP contribution in [0.3, 0.4) is 0 Å². The number of carboxylic acid groups (broad SMARTS) is 1. The second-order valence-corrected chi connectivity index (χ2v) is 14.5.